The summed E-state index contributed by atoms with van der Waals surface area (Å²) in [4.78, 5) is 13.2. The highest BCUT2D eigenvalue weighted by Gasteiger charge is 2.10. The number of hydrogen-bond donors (Lipinski definition) is 1. The second kappa shape index (κ2) is 8.41. The highest BCUT2D eigenvalue weighted by molar-refractivity contribution is 7.22. The minimum Gasteiger partial charge on any atom is -0.495 e. The third-order valence-corrected chi connectivity index (χ3v) is 5.60. The first-order valence-corrected chi connectivity index (χ1v) is 10.4. The average molecular weight is 427 g/mol. The van der Waals surface area contributed by atoms with Crippen molar-refractivity contribution in [1.82, 2.24) is 15.0 Å². The largest absolute Gasteiger partial charge is 0.495 e. The van der Waals surface area contributed by atoms with Crippen LogP contribution in [0.1, 0.15) is 0 Å². The molecule has 0 radical (unpaired) electrons. The first-order chi connectivity index (χ1) is 15.3. The van der Waals surface area contributed by atoms with E-state index in [0.29, 0.717) is 17.4 Å². The molecule has 0 atom stereocenters. The van der Waals surface area contributed by atoms with Crippen LogP contribution in [-0.4, -0.2) is 22.1 Å². The van der Waals surface area contributed by atoms with Crippen molar-refractivity contribution >= 4 is 32.4 Å². The van der Waals surface area contributed by atoms with Gasteiger partial charge in [-0.3, -0.25) is 4.98 Å². The minimum atomic E-state index is 0.504. The molecule has 1 N–H and O–H groups in total. The predicted molar refractivity (Wildman–Crippen MR) is 123 cm³/mol. The van der Waals surface area contributed by atoms with Crippen molar-refractivity contribution in [3.05, 3.63) is 85.3 Å². The molecule has 0 spiro atoms. The van der Waals surface area contributed by atoms with Gasteiger partial charge in [0.25, 0.3) is 0 Å². The number of rotatable bonds is 6. The van der Waals surface area contributed by atoms with Crippen LogP contribution in [0.3, 0.4) is 0 Å². The van der Waals surface area contributed by atoms with E-state index in [1.54, 1.807) is 37.0 Å². The molecule has 3 aromatic heterocycles. The number of para-hydroxylation sites is 1. The van der Waals surface area contributed by atoms with E-state index in [4.69, 9.17) is 9.47 Å². The van der Waals surface area contributed by atoms with Gasteiger partial charge in [0.2, 0.25) is 5.88 Å². The van der Waals surface area contributed by atoms with Gasteiger partial charge in [0.1, 0.15) is 11.5 Å². The highest BCUT2D eigenvalue weighted by atomic mass is 32.1. The van der Waals surface area contributed by atoms with Crippen molar-refractivity contribution in [1.29, 1.82) is 0 Å². The lowest BCUT2D eigenvalue weighted by molar-refractivity contribution is 0.413. The number of thiazole rings is 1. The zero-order valence-corrected chi connectivity index (χ0v) is 17.5. The molecule has 0 amide bonds. The molecule has 0 saturated heterocycles. The quantitative estimate of drug-likeness (QED) is 0.344. The van der Waals surface area contributed by atoms with Crippen molar-refractivity contribution in [2.75, 3.05) is 12.4 Å². The summed E-state index contributed by atoms with van der Waals surface area (Å²) < 4.78 is 12.5. The molecule has 0 bridgehead atoms. The summed E-state index contributed by atoms with van der Waals surface area (Å²) >= 11 is 1.62. The van der Waals surface area contributed by atoms with Crippen molar-refractivity contribution in [2.24, 2.45) is 0 Å². The van der Waals surface area contributed by atoms with Gasteiger partial charge >= 0.3 is 0 Å². The van der Waals surface area contributed by atoms with Gasteiger partial charge in [0.05, 0.1) is 23.5 Å². The number of nitrogens with zero attached hydrogens (tertiary/aromatic N) is 3. The molecule has 0 unspecified atom stereocenters. The first-order valence-electron chi connectivity index (χ1n) is 9.63. The SMILES string of the molecule is COc1cncc(-c2cccnc2Oc2ccc(Nc3nc4ccccc4s3)cc2)c1. The third kappa shape index (κ3) is 4.17. The van der Waals surface area contributed by atoms with Crippen LogP contribution < -0.4 is 14.8 Å². The molecule has 6 nitrogen and oxygen atoms in total. The highest BCUT2D eigenvalue weighted by Crippen LogP contribution is 2.33. The molecule has 0 aliphatic rings. The molecule has 5 rings (SSSR count). The lowest BCUT2D eigenvalue weighted by atomic mass is 10.1. The van der Waals surface area contributed by atoms with Crippen LogP contribution in [0.4, 0.5) is 10.8 Å². The topological polar surface area (TPSA) is 69.2 Å². The molecule has 0 saturated carbocycles. The Balaban J connectivity index is 1.35. The van der Waals surface area contributed by atoms with Gasteiger partial charge in [-0.15, -0.1) is 0 Å². The summed E-state index contributed by atoms with van der Waals surface area (Å²) in [6.07, 6.45) is 5.13. The van der Waals surface area contributed by atoms with E-state index < -0.39 is 0 Å². The maximum absolute atomic E-state index is 6.07. The second-order valence-corrected chi connectivity index (χ2v) is 7.74. The third-order valence-electron chi connectivity index (χ3n) is 4.65. The number of ether oxygens (including phenoxy) is 2. The number of benzene rings is 2. The smallest absolute Gasteiger partial charge is 0.227 e. The Kier molecular flexibility index (Phi) is 5.16. The Morgan fingerprint density at radius 3 is 2.61 bits per heavy atom. The number of aromatic nitrogens is 3. The van der Waals surface area contributed by atoms with E-state index in [-0.39, 0.29) is 0 Å². The zero-order chi connectivity index (χ0) is 21.0. The molecule has 0 aliphatic carbocycles. The van der Waals surface area contributed by atoms with Crippen LogP contribution in [0.2, 0.25) is 0 Å². The Morgan fingerprint density at radius 2 is 1.77 bits per heavy atom. The molecular formula is C24H18N4O2S. The maximum Gasteiger partial charge on any atom is 0.227 e. The van der Waals surface area contributed by atoms with Crippen LogP contribution in [0.25, 0.3) is 21.3 Å². The lowest BCUT2D eigenvalue weighted by Crippen LogP contribution is -1.93. The van der Waals surface area contributed by atoms with E-state index in [1.807, 2.05) is 60.7 Å². The Hall–Kier alpha value is -3.97. The number of nitrogens with one attached hydrogen (secondary N) is 1. The van der Waals surface area contributed by atoms with Crippen molar-refractivity contribution < 1.29 is 9.47 Å². The molecule has 31 heavy (non-hydrogen) atoms. The molecule has 5 aromatic rings. The molecule has 3 heterocycles. The summed E-state index contributed by atoms with van der Waals surface area (Å²) in [5.41, 5.74) is 3.64. The number of pyridine rings is 2. The summed E-state index contributed by atoms with van der Waals surface area (Å²) in [5.74, 6) is 1.87. The van der Waals surface area contributed by atoms with E-state index >= 15 is 0 Å². The Morgan fingerprint density at radius 1 is 0.903 bits per heavy atom. The fourth-order valence-electron chi connectivity index (χ4n) is 3.14. The summed E-state index contributed by atoms with van der Waals surface area (Å²) in [6.45, 7) is 0. The van der Waals surface area contributed by atoms with Crippen LogP contribution >= 0.6 is 11.3 Å². The lowest BCUT2D eigenvalue weighted by Gasteiger charge is -2.11. The number of anilines is 2. The van der Waals surface area contributed by atoms with E-state index in [2.05, 4.69) is 26.3 Å². The summed E-state index contributed by atoms with van der Waals surface area (Å²) in [5, 5.41) is 4.20. The minimum absolute atomic E-state index is 0.504. The average Bonchev–Trinajstić information content (AvgIpc) is 3.23. The molecule has 0 aliphatic heterocycles. The van der Waals surface area contributed by atoms with E-state index in [0.717, 1.165) is 32.2 Å². The normalized spacial score (nSPS) is 10.7. The van der Waals surface area contributed by atoms with Gasteiger partial charge in [-0.05, 0) is 54.6 Å². The van der Waals surface area contributed by atoms with Crippen molar-refractivity contribution in [3.8, 4) is 28.5 Å². The molecular weight excluding hydrogens is 408 g/mol. The maximum atomic E-state index is 6.07. The standard InChI is InChI=1S/C24H18N4O2S/c1-29-19-13-16(14-25-15-19)20-5-4-12-26-23(20)30-18-10-8-17(9-11-18)27-24-28-21-6-2-3-7-22(21)31-24/h2-15H,1H3,(H,27,28). The fourth-order valence-corrected chi connectivity index (χ4v) is 4.02. The molecule has 7 heteroatoms. The molecule has 0 fully saturated rings. The van der Waals surface area contributed by atoms with Gasteiger partial charge in [0, 0.05) is 29.2 Å². The first kappa shape index (κ1) is 19.0. The number of fused-ring (bicyclic) bond motifs is 1. The number of hydrogen-bond acceptors (Lipinski definition) is 7. The van der Waals surface area contributed by atoms with Gasteiger partial charge in [-0.1, -0.05) is 23.5 Å². The van der Waals surface area contributed by atoms with Crippen molar-refractivity contribution in [3.63, 3.8) is 0 Å². The van der Waals surface area contributed by atoms with Gasteiger partial charge in [0.15, 0.2) is 5.13 Å². The van der Waals surface area contributed by atoms with Gasteiger partial charge in [-0.2, -0.15) is 0 Å². The van der Waals surface area contributed by atoms with E-state index in [1.165, 1.54) is 0 Å². The van der Waals surface area contributed by atoms with Crippen molar-refractivity contribution in [2.45, 2.75) is 0 Å². The van der Waals surface area contributed by atoms with Crippen LogP contribution in [0.15, 0.2) is 85.3 Å². The van der Waals surface area contributed by atoms with Crippen LogP contribution in [-0.2, 0) is 0 Å². The fraction of sp³-hybridized carbons (Fsp3) is 0.0417. The van der Waals surface area contributed by atoms with E-state index in [9.17, 15) is 0 Å². The zero-order valence-electron chi connectivity index (χ0n) is 16.6. The Labute approximate surface area is 183 Å². The second-order valence-electron chi connectivity index (χ2n) is 6.71. The molecule has 152 valence electrons. The van der Waals surface area contributed by atoms with Gasteiger partial charge in [-0.25, -0.2) is 9.97 Å². The van der Waals surface area contributed by atoms with Gasteiger partial charge < -0.3 is 14.8 Å². The van der Waals surface area contributed by atoms with Crippen LogP contribution in [0, 0.1) is 0 Å². The Bertz CT molecular complexity index is 1300. The molecule has 2 aromatic carbocycles. The summed E-state index contributed by atoms with van der Waals surface area (Å²) in [7, 11) is 1.62. The summed E-state index contributed by atoms with van der Waals surface area (Å²) in [6, 6.07) is 21.5. The predicted octanol–water partition coefficient (Wildman–Crippen LogP) is 6.30. The van der Waals surface area contributed by atoms with Crippen LogP contribution in [0.5, 0.6) is 17.4 Å². The monoisotopic (exact) mass is 426 g/mol. The number of methoxy groups -OCH3 is 1.